The number of aromatic amines is 2. The summed E-state index contributed by atoms with van der Waals surface area (Å²) in [6.45, 7) is 3.98. The number of H-pyrrole nitrogens is 2. The van der Waals surface area contributed by atoms with Gasteiger partial charge in [0.25, 0.3) is 22.2 Å². The number of pyridine rings is 2. The smallest absolute Gasteiger partial charge is 0.258 e. The Labute approximate surface area is 254 Å². The van der Waals surface area contributed by atoms with Crippen LogP contribution in [0, 0.1) is 13.8 Å². The van der Waals surface area contributed by atoms with Gasteiger partial charge in [-0.15, -0.1) is 0 Å². The Balaban J connectivity index is 1.71. The first kappa shape index (κ1) is 24.1. The topological polar surface area (TPSA) is 126 Å². The monoisotopic (exact) mass is 598 g/mol. The number of aromatic nitrogens is 2. The van der Waals surface area contributed by atoms with Gasteiger partial charge in [-0.05, 0) is 73.2 Å². The average molecular weight is 599 g/mol. The maximum absolute atomic E-state index is 13.6. The molecule has 0 radical (unpaired) electrons. The predicted octanol–water partition coefficient (Wildman–Crippen LogP) is 7.43. The maximum atomic E-state index is 13.6. The van der Waals surface area contributed by atoms with Crippen molar-refractivity contribution in [3.8, 4) is 0 Å². The Hall–Kier alpha value is -6.28. The minimum Gasteiger partial charge on any atom is -0.456 e. The molecule has 0 saturated carbocycles. The zero-order valence-corrected chi connectivity index (χ0v) is 24.2. The van der Waals surface area contributed by atoms with Crippen molar-refractivity contribution in [2.24, 2.45) is 0 Å². The minimum absolute atomic E-state index is 0.325. The fraction of sp³-hybridized carbons (Fsp3) is 0.0526. The van der Waals surface area contributed by atoms with Gasteiger partial charge in [0, 0.05) is 64.6 Å². The van der Waals surface area contributed by atoms with Gasteiger partial charge in [-0.2, -0.15) is 0 Å². The third-order valence-corrected chi connectivity index (χ3v) is 9.96. The van der Waals surface area contributed by atoms with Crippen molar-refractivity contribution >= 4 is 109 Å². The van der Waals surface area contributed by atoms with Gasteiger partial charge in [-0.1, -0.05) is 23.3 Å². The second kappa shape index (κ2) is 7.50. The van der Waals surface area contributed by atoms with Crippen LogP contribution in [0.25, 0.3) is 109 Å². The van der Waals surface area contributed by atoms with Gasteiger partial charge in [0.2, 0.25) is 0 Å². The van der Waals surface area contributed by atoms with Crippen LogP contribution >= 0.6 is 0 Å². The van der Waals surface area contributed by atoms with Gasteiger partial charge in [0.1, 0.15) is 22.3 Å². The first-order valence-electron chi connectivity index (χ1n) is 14.9. The van der Waals surface area contributed by atoms with E-state index < -0.39 is 22.2 Å². The number of hydrogen-bond donors (Lipinski definition) is 2. The number of fused-ring (bicyclic) bond motifs is 4. The summed E-state index contributed by atoms with van der Waals surface area (Å²) in [5.41, 5.74) is 2.02. The van der Waals surface area contributed by atoms with Crippen LogP contribution in [-0.2, 0) is 0 Å². The van der Waals surface area contributed by atoms with Crippen molar-refractivity contribution < 1.29 is 8.83 Å². The van der Waals surface area contributed by atoms with Gasteiger partial charge < -0.3 is 8.83 Å². The van der Waals surface area contributed by atoms with Crippen molar-refractivity contribution in [3.63, 3.8) is 0 Å². The summed E-state index contributed by atoms with van der Waals surface area (Å²) in [4.78, 5) is 59.2. The summed E-state index contributed by atoms with van der Waals surface area (Å²) in [5, 5.41) is 9.95. The van der Waals surface area contributed by atoms with E-state index in [1.807, 2.05) is 62.4 Å². The fourth-order valence-corrected chi connectivity index (χ4v) is 8.14. The normalized spacial score (nSPS) is 12.9. The first-order valence-corrected chi connectivity index (χ1v) is 14.9. The van der Waals surface area contributed by atoms with E-state index in [0.29, 0.717) is 70.8 Å². The summed E-state index contributed by atoms with van der Waals surface area (Å²) in [6, 6.07) is 18.8. The van der Waals surface area contributed by atoms with E-state index in [1.165, 1.54) is 0 Å². The molecule has 0 unspecified atom stereocenters. The fourth-order valence-electron chi connectivity index (χ4n) is 8.14. The van der Waals surface area contributed by atoms with E-state index in [4.69, 9.17) is 8.83 Å². The van der Waals surface area contributed by atoms with Crippen LogP contribution in [0.5, 0.6) is 0 Å². The molecule has 0 amide bonds. The maximum Gasteiger partial charge on any atom is 0.258 e. The molecule has 11 aromatic rings. The molecule has 4 aromatic heterocycles. The molecule has 216 valence electrons. The highest BCUT2D eigenvalue weighted by Crippen LogP contribution is 2.52. The van der Waals surface area contributed by atoms with Crippen LogP contribution in [0.1, 0.15) is 11.1 Å². The van der Waals surface area contributed by atoms with Crippen molar-refractivity contribution in [3.05, 3.63) is 113 Å². The van der Waals surface area contributed by atoms with Crippen LogP contribution in [0.2, 0.25) is 0 Å². The number of hydrogen-bond acceptors (Lipinski definition) is 6. The van der Waals surface area contributed by atoms with Gasteiger partial charge in [-0.3, -0.25) is 29.1 Å². The molecule has 0 bridgehead atoms. The molecule has 0 aliphatic heterocycles. The Morgan fingerprint density at radius 1 is 0.370 bits per heavy atom. The predicted molar refractivity (Wildman–Crippen MR) is 183 cm³/mol. The van der Waals surface area contributed by atoms with E-state index in [-0.39, 0.29) is 0 Å². The SMILES string of the molecule is Cc1ccc2oc3cc4c(=O)[nH]c(=O)c5cc6oc7ccc(C)cc7c7cc8c(=O)[nH]c(=O)c9cc(c2c1)c1c3c(c45)c6c7c1c98. The number of rotatable bonds is 0. The van der Waals surface area contributed by atoms with Crippen molar-refractivity contribution in [1.82, 2.24) is 9.97 Å². The van der Waals surface area contributed by atoms with E-state index >= 15 is 0 Å². The Morgan fingerprint density at radius 3 is 1.20 bits per heavy atom. The van der Waals surface area contributed by atoms with Crippen molar-refractivity contribution in [2.75, 3.05) is 0 Å². The molecule has 0 spiro atoms. The lowest BCUT2D eigenvalue weighted by molar-refractivity contribution is 0.664. The molecule has 0 aliphatic carbocycles. The molecule has 8 nitrogen and oxygen atoms in total. The third kappa shape index (κ3) is 2.61. The van der Waals surface area contributed by atoms with Crippen molar-refractivity contribution in [2.45, 2.75) is 13.8 Å². The lowest BCUT2D eigenvalue weighted by Gasteiger charge is -2.18. The van der Waals surface area contributed by atoms with Crippen LogP contribution < -0.4 is 22.2 Å². The lowest BCUT2D eigenvalue weighted by Crippen LogP contribution is -2.20. The van der Waals surface area contributed by atoms with Gasteiger partial charge in [-0.25, -0.2) is 0 Å². The second-order valence-electron chi connectivity index (χ2n) is 12.6. The Kier molecular flexibility index (Phi) is 3.93. The summed E-state index contributed by atoms with van der Waals surface area (Å²) in [5.74, 6) is 0. The summed E-state index contributed by atoms with van der Waals surface area (Å²) in [6.07, 6.45) is 0. The summed E-state index contributed by atoms with van der Waals surface area (Å²) < 4.78 is 13.4. The number of nitrogens with one attached hydrogen (secondary N) is 2. The van der Waals surface area contributed by atoms with Crippen LogP contribution in [0.4, 0.5) is 0 Å². The third-order valence-electron chi connectivity index (χ3n) is 9.96. The van der Waals surface area contributed by atoms with E-state index in [1.54, 1.807) is 12.1 Å². The molecular formula is C38H18N2O6. The minimum atomic E-state index is -0.510. The van der Waals surface area contributed by atoms with Crippen LogP contribution in [0.3, 0.4) is 0 Å². The van der Waals surface area contributed by atoms with Crippen LogP contribution in [-0.4, -0.2) is 9.97 Å². The summed E-state index contributed by atoms with van der Waals surface area (Å²) >= 11 is 0. The molecular weight excluding hydrogens is 580 g/mol. The second-order valence-corrected chi connectivity index (χ2v) is 12.6. The first-order chi connectivity index (χ1) is 22.3. The Bertz CT molecular complexity index is 3250. The molecule has 2 N–H and O–H groups in total. The van der Waals surface area contributed by atoms with Gasteiger partial charge in [0.05, 0.1) is 10.8 Å². The molecule has 4 heterocycles. The molecule has 0 saturated heterocycles. The molecule has 46 heavy (non-hydrogen) atoms. The molecule has 0 atom stereocenters. The Morgan fingerprint density at radius 2 is 0.761 bits per heavy atom. The standard InChI is InChI=1S/C38H18N2O6/c1-13-3-5-23-15(7-13)17-9-19-27-20(36(42)39-35(19)41)10-18-16-8-14(2)4-6-24(16)46-26-12-22-28-21(37(43)40-38(22)44)11-25(45-23)31-29(17)33(27)30(18)32(26)34(28)31/h3-12H,1-2H3,(H,39,41,42)(H,40,43,44). The summed E-state index contributed by atoms with van der Waals surface area (Å²) in [7, 11) is 0. The molecule has 11 rings (SSSR count). The van der Waals surface area contributed by atoms with Crippen molar-refractivity contribution in [1.29, 1.82) is 0 Å². The average Bonchev–Trinajstić information content (AvgIpc) is 3.26. The highest BCUT2D eigenvalue weighted by Gasteiger charge is 2.28. The van der Waals surface area contributed by atoms with Gasteiger partial charge in [0.15, 0.2) is 0 Å². The lowest BCUT2D eigenvalue weighted by atomic mass is 9.83. The quantitative estimate of drug-likeness (QED) is 0.138. The van der Waals surface area contributed by atoms with Crippen LogP contribution in [0.15, 0.2) is 88.7 Å². The van der Waals surface area contributed by atoms with Gasteiger partial charge >= 0.3 is 0 Å². The zero-order chi connectivity index (χ0) is 30.9. The molecule has 8 heteroatoms. The van der Waals surface area contributed by atoms with E-state index in [0.717, 1.165) is 48.8 Å². The molecule has 0 fully saturated rings. The number of benzene rings is 7. The molecule has 7 aromatic carbocycles. The molecule has 0 aliphatic rings. The van der Waals surface area contributed by atoms with E-state index in [9.17, 15) is 19.2 Å². The number of aryl methyl sites for hydroxylation is 2. The van der Waals surface area contributed by atoms with E-state index in [2.05, 4.69) is 9.97 Å². The zero-order valence-electron chi connectivity index (χ0n) is 24.2. The largest absolute Gasteiger partial charge is 0.456 e. The highest BCUT2D eigenvalue weighted by atomic mass is 16.3. The highest BCUT2D eigenvalue weighted by molar-refractivity contribution is 6.50.